The summed E-state index contributed by atoms with van der Waals surface area (Å²) in [4.78, 5) is 26.5. The standard InChI is InChI=1S/C14H18N2O5/c1-9(17)8-15(2)14(20)16-6-7-21-12-10(13(18)19)4-3-5-11(12)16/h3-5,9,17H,6-8H2,1-2H3,(H,18,19). The van der Waals surface area contributed by atoms with Gasteiger partial charge in [-0.2, -0.15) is 0 Å². The van der Waals surface area contributed by atoms with E-state index in [1.165, 1.54) is 15.9 Å². The highest BCUT2D eigenvalue weighted by atomic mass is 16.5. The van der Waals surface area contributed by atoms with Crippen LogP contribution in [0.15, 0.2) is 18.2 Å². The minimum Gasteiger partial charge on any atom is -0.489 e. The number of carboxylic acid groups (broad SMARTS) is 1. The van der Waals surface area contributed by atoms with Crippen LogP contribution in [0.4, 0.5) is 10.5 Å². The van der Waals surface area contributed by atoms with Gasteiger partial charge in [0.15, 0.2) is 5.75 Å². The summed E-state index contributed by atoms with van der Waals surface area (Å²) in [5.41, 5.74) is 0.465. The number of aliphatic hydroxyl groups is 1. The molecule has 0 bridgehead atoms. The van der Waals surface area contributed by atoms with Crippen molar-refractivity contribution >= 4 is 17.7 Å². The fourth-order valence-electron chi connectivity index (χ4n) is 2.30. The van der Waals surface area contributed by atoms with Crippen molar-refractivity contribution in [2.45, 2.75) is 13.0 Å². The smallest absolute Gasteiger partial charge is 0.339 e. The maximum atomic E-state index is 12.4. The number of anilines is 1. The zero-order valence-electron chi connectivity index (χ0n) is 11.9. The Morgan fingerprint density at radius 1 is 1.48 bits per heavy atom. The molecule has 1 aromatic carbocycles. The quantitative estimate of drug-likeness (QED) is 0.868. The molecule has 1 aliphatic heterocycles. The molecule has 2 N–H and O–H groups in total. The maximum Gasteiger partial charge on any atom is 0.339 e. The Bertz CT molecular complexity index is 558. The van der Waals surface area contributed by atoms with Gasteiger partial charge in [0.05, 0.1) is 18.3 Å². The number of ether oxygens (including phenoxy) is 1. The number of rotatable bonds is 3. The number of nitrogens with zero attached hydrogens (tertiary/aromatic N) is 2. The Labute approximate surface area is 122 Å². The fourth-order valence-corrected chi connectivity index (χ4v) is 2.30. The van der Waals surface area contributed by atoms with Crippen LogP contribution in [0.2, 0.25) is 0 Å². The lowest BCUT2D eigenvalue weighted by molar-refractivity contribution is 0.0691. The molecule has 7 nitrogen and oxygen atoms in total. The van der Waals surface area contributed by atoms with Crippen molar-refractivity contribution in [3.05, 3.63) is 23.8 Å². The number of hydrogen-bond acceptors (Lipinski definition) is 4. The lowest BCUT2D eigenvalue weighted by atomic mass is 10.1. The first-order valence-corrected chi connectivity index (χ1v) is 6.61. The molecule has 0 aliphatic carbocycles. The molecular weight excluding hydrogens is 276 g/mol. The number of carbonyl (C=O) groups excluding carboxylic acids is 1. The summed E-state index contributed by atoms with van der Waals surface area (Å²) in [6, 6.07) is 4.36. The average molecular weight is 294 g/mol. The molecule has 1 aliphatic rings. The van der Waals surface area contributed by atoms with E-state index >= 15 is 0 Å². The van der Waals surface area contributed by atoms with Gasteiger partial charge in [-0.1, -0.05) is 6.07 Å². The Morgan fingerprint density at radius 2 is 2.19 bits per heavy atom. The molecule has 1 heterocycles. The number of aromatic carboxylic acids is 1. The van der Waals surface area contributed by atoms with Crippen LogP contribution in [0.1, 0.15) is 17.3 Å². The normalized spacial score (nSPS) is 14.9. The van der Waals surface area contributed by atoms with Crippen molar-refractivity contribution in [1.29, 1.82) is 0 Å². The van der Waals surface area contributed by atoms with E-state index < -0.39 is 12.1 Å². The summed E-state index contributed by atoms with van der Waals surface area (Å²) in [6.07, 6.45) is -0.634. The zero-order valence-corrected chi connectivity index (χ0v) is 11.9. The summed E-state index contributed by atoms with van der Waals surface area (Å²) < 4.78 is 5.41. The van der Waals surface area contributed by atoms with Crippen molar-refractivity contribution in [2.24, 2.45) is 0 Å². The van der Waals surface area contributed by atoms with Crippen LogP contribution in [0.25, 0.3) is 0 Å². The maximum absolute atomic E-state index is 12.4. The number of fused-ring (bicyclic) bond motifs is 1. The molecule has 0 saturated carbocycles. The third-order valence-corrected chi connectivity index (χ3v) is 3.17. The van der Waals surface area contributed by atoms with Crippen LogP contribution in [-0.4, -0.2) is 60.0 Å². The summed E-state index contributed by atoms with van der Waals surface area (Å²) >= 11 is 0. The topological polar surface area (TPSA) is 90.3 Å². The zero-order chi connectivity index (χ0) is 15.6. The van der Waals surface area contributed by atoms with Gasteiger partial charge < -0.3 is 19.8 Å². The molecule has 2 rings (SSSR count). The van der Waals surface area contributed by atoms with Crippen LogP contribution in [0.3, 0.4) is 0 Å². The Hall–Kier alpha value is -2.28. The number of hydrogen-bond donors (Lipinski definition) is 2. The van der Waals surface area contributed by atoms with E-state index in [0.29, 0.717) is 12.2 Å². The minimum absolute atomic E-state index is 0.0307. The number of aliphatic hydroxyl groups excluding tert-OH is 1. The Morgan fingerprint density at radius 3 is 2.81 bits per heavy atom. The van der Waals surface area contributed by atoms with E-state index in [0.717, 1.165) is 0 Å². The van der Waals surface area contributed by atoms with Crippen molar-refractivity contribution in [3.8, 4) is 5.75 Å². The molecule has 0 saturated heterocycles. The molecule has 2 amide bonds. The van der Waals surface area contributed by atoms with E-state index in [-0.39, 0.29) is 30.5 Å². The van der Waals surface area contributed by atoms with Gasteiger partial charge in [-0.3, -0.25) is 4.90 Å². The molecule has 0 radical (unpaired) electrons. The van der Waals surface area contributed by atoms with Gasteiger partial charge in [0.1, 0.15) is 12.2 Å². The van der Waals surface area contributed by atoms with Crippen molar-refractivity contribution < 1.29 is 24.5 Å². The van der Waals surface area contributed by atoms with Crippen molar-refractivity contribution in [3.63, 3.8) is 0 Å². The summed E-state index contributed by atoms with van der Waals surface area (Å²) in [6.45, 7) is 2.36. The van der Waals surface area contributed by atoms with Crippen LogP contribution in [0, 0.1) is 0 Å². The number of likely N-dealkylation sites (N-methyl/N-ethyl adjacent to an activating group) is 1. The summed E-state index contributed by atoms with van der Waals surface area (Å²) in [7, 11) is 1.59. The largest absolute Gasteiger partial charge is 0.489 e. The van der Waals surface area contributed by atoms with Gasteiger partial charge >= 0.3 is 12.0 Å². The van der Waals surface area contributed by atoms with E-state index in [4.69, 9.17) is 9.84 Å². The second-order valence-corrected chi connectivity index (χ2v) is 4.97. The SMILES string of the molecule is CC(O)CN(C)C(=O)N1CCOc2c(C(=O)O)cccc21. The van der Waals surface area contributed by atoms with Gasteiger partial charge in [-0.05, 0) is 19.1 Å². The van der Waals surface area contributed by atoms with Crippen LogP contribution < -0.4 is 9.64 Å². The van der Waals surface area contributed by atoms with E-state index in [2.05, 4.69) is 0 Å². The van der Waals surface area contributed by atoms with E-state index in [1.54, 1.807) is 26.1 Å². The molecule has 1 unspecified atom stereocenters. The predicted octanol–water partition coefficient (Wildman–Crippen LogP) is 1.02. The van der Waals surface area contributed by atoms with Crippen LogP contribution in [0.5, 0.6) is 5.75 Å². The first-order chi connectivity index (χ1) is 9.91. The third-order valence-electron chi connectivity index (χ3n) is 3.17. The lowest BCUT2D eigenvalue weighted by Gasteiger charge is -2.33. The first-order valence-electron chi connectivity index (χ1n) is 6.61. The molecule has 1 aromatic rings. The molecule has 21 heavy (non-hydrogen) atoms. The van der Waals surface area contributed by atoms with Gasteiger partial charge in [0.25, 0.3) is 0 Å². The average Bonchev–Trinajstić information content (AvgIpc) is 2.44. The molecule has 114 valence electrons. The molecular formula is C14H18N2O5. The first kappa shape index (κ1) is 15.1. The van der Waals surface area contributed by atoms with E-state index in [9.17, 15) is 14.7 Å². The molecule has 1 atom stereocenters. The third kappa shape index (κ3) is 3.08. The summed E-state index contributed by atoms with van der Waals surface area (Å²) in [5, 5.41) is 18.5. The van der Waals surface area contributed by atoms with Crippen LogP contribution >= 0.6 is 0 Å². The Balaban J connectivity index is 2.32. The summed E-state index contributed by atoms with van der Waals surface area (Å²) in [5.74, 6) is -0.895. The number of para-hydroxylation sites is 1. The fraction of sp³-hybridized carbons (Fsp3) is 0.429. The van der Waals surface area contributed by atoms with Gasteiger partial charge in [-0.15, -0.1) is 0 Å². The number of urea groups is 1. The van der Waals surface area contributed by atoms with Gasteiger partial charge in [0, 0.05) is 13.6 Å². The minimum atomic E-state index is -1.10. The van der Waals surface area contributed by atoms with Crippen molar-refractivity contribution in [2.75, 3.05) is 31.6 Å². The van der Waals surface area contributed by atoms with Crippen molar-refractivity contribution in [1.82, 2.24) is 4.90 Å². The molecule has 0 fully saturated rings. The Kier molecular flexibility index (Phi) is 4.32. The van der Waals surface area contributed by atoms with E-state index in [1.807, 2.05) is 0 Å². The predicted molar refractivity (Wildman–Crippen MR) is 75.9 cm³/mol. The van der Waals surface area contributed by atoms with Crippen LogP contribution in [-0.2, 0) is 0 Å². The second-order valence-electron chi connectivity index (χ2n) is 4.97. The number of amides is 2. The second kappa shape index (κ2) is 6.01. The number of benzene rings is 1. The van der Waals surface area contributed by atoms with Gasteiger partial charge in [0.2, 0.25) is 0 Å². The van der Waals surface area contributed by atoms with Gasteiger partial charge in [-0.25, -0.2) is 9.59 Å². The molecule has 0 spiro atoms. The molecule has 7 heteroatoms. The highest BCUT2D eigenvalue weighted by Gasteiger charge is 2.29. The lowest BCUT2D eigenvalue weighted by Crippen LogP contribution is -2.47. The number of carbonyl (C=O) groups is 2. The monoisotopic (exact) mass is 294 g/mol. The molecule has 0 aromatic heterocycles. The number of carboxylic acids is 1. The highest BCUT2D eigenvalue weighted by Crippen LogP contribution is 2.35. The highest BCUT2D eigenvalue weighted by molar-refractivity contribution is 5.99.